The van der Waals surface area contributed by atoms with Gasteiger partial charge in [0.25, 0.3) is 5.91 Å². The first kappa shape index (κ1) is 16.4. The Morgan fingerprint density at radius 2 is 1.88 bits per heavy atom. The van der Waals surface area contributed by atoms with Crippen LogP contribution in [0.2, 0.25) is 0 Å². The van der Waals surface area contributed by atoms with Crippen molar-refractivity contribution in [2.24, 2.45) is 10.2 Å². The molecule has 7 nitrogen and oxygen atoms in total. The molecule has 0 saturated carbocycles. The topological polar surface area (TPSA) is 102 Å². The molecule has 1 aliphatic heterocycles. The number of rotatable bonds is 3. The number of para-hydroxylation sites is 1. The Morgan fingerprint density at radius 1 is 1.12 bits per heavy atom. The lowest BCUT2D eigenvalue weighted by Gasteiger charge is -2.09. The molecule has 4 rings (SSSR count). The molecule has 1 fully saturated rings. The molecule has 0 spiro atoms. The molecule has 3 aromatic rings. The maximum absolute atomic E-state index is 12.4. The van der Waals surface area contributed by atoms with Crippen molar-refractivity contribution in [1.29, 1.82) is 0 Å². The lowest BCUT2D eigenvalue weighted by Crippen LogP contribution is -2.35. The van der Waals surface area contributed by atoms with Crippen LogP contribution in [0.4, 0.5) is 5.69 Å². The van der Waals surface area contributed by atoms with Crippen LogP contribution in [0.1, 0.15) is 23.6 Å². The molecule has 0 radical (unpaired) electrons. The van der Waals surface area contributed by atoms with Gasteiger partial charge in [-0.25, -0.2) is 10.9 Å². The zero-order chi connectivity index (χ0) is 18.1. The van der Waals surface area contributed by atoms with E-state index in [9.17, 15) is 9.90 Å². The molecule has 2 aromatic carbocycles. The average molecular weight is 349 g/mol. The number of fused-ring (bicyclic) bond motifs is 1. The summed E-state index contributed by atoms with van der Waals surface area (Å²) in [6, 6.07) is 15.1. The first-order chi connectivity index (χ1) is 12.6. The number of hydrogen-bond donors (Lipinski definition) is 4. The molecule has 1 saturated heterocycles. The van der Waals surface area contributed by atoms with Crippen molar-refractivity contribution in [2.45, 2.75) is 25.4 Å². The lowest BCUT2D eigenvalue weighted by atomic mass is 10.0. The number of carbonyl (C=O) groups excluding carboxylic acids is 1. The molecule has 0 bridgehead atoms. The van der Waals surface area contributed by atoms with Crippen molar-refractivity contribution >= 4 is 22.5 Å². The minimum Gasteiger partial charge on any atom is -0.493 e. The number of nitrogens with zero attached hydrogens (tertiary/aromatic N) is 2. The van der Waals surface area contributed by atoms with Crippen LogP contribution in [0.15, 0.2) is 58.8 Å². The van der Waals surface area contributed by atoms with Crippen LogP contribution in [-0.2, 0) is 4.79 Å². The molecule has 1 amide bonds. The molecule has 2 atom stereocenters. The van der Waals surface area contributed by atoms with Crippen molar-refractivity contribution in [1.82, 2.24) is 15.8 Å². The van der Waals surface area contributed by atoms with Gasteiger partial charge in [0.1, 0.15) is 6.04 Å². The van der Waals surface area contributed by atoms with E-state index < -0.39 is 6.04 Å². The number of hydrazine groups is 1. The van der Waals surface area contributed by atoms with Gasteiger partial charge < -0.3 is 10.1 Å². The van der Waals surface area contributed by atoms with E-state index in [1.807, 2.05) is 55.5 Å². The second kappa shape index (κ2) is 6.70. The SMILES string of the molecule is Cc1ccc(C2CC(C(=O)N=Nc3c(O)[nH]c4ccccc34)NN2)cc1. The summed E-state index contributed by atoms with van der Waals surface area (Å²) < 4.78 is 0. The molecule has 1 aromatic heterocycles. The Bertz CT molecular complexity index is 977. The van der Waals surface area contributed by atoms with Gasteiger partial charge >= 0.3 is 0 Å². The second-order valence-electron chi connectivity index (χ2n) is 6.45. The number of aromatic nitrogens is 1. The Hall–Kier alpha value is -3.03. The molecule has 4 N–H and O–H groups in total. The number of azo groups is 1. The van der Waals surface area contributed by atoms with Crippen molar-refractivity contribution in [3.8, 4) is 5.88 Å². The van der Waals surface area contributed by atoms with Crippen molar-refractivity contribution < 1.29 is 9.90 Å². The third-order valence-corrected chi connectivity index (χ3v) is 4.59. The van der Waals surface area contributed by atoms with Gasteiger partial charge in [-0.3, -0.25) is 4.79 Å². The van der Waals surface area contributed by atoms with E-state index in [-0.39, 0.29) is 23.5 Å². The minimum absolute atomic E-state index is 0.0428. The molecule has 2 heterocycles. The van der Waals surface area contributed by atoms with Crippen LogP contribution in [-0.4, -0.2) is 22.0 Å². The fraction of sp³-hybridized carbons (Fsp3) is 0.211. The van der Waals surface area contributed by atoms with Gasteiger partial charge in [-0.15, -0.1) is 10.2 Å². The number of aromatic amines is 1. The van der Waals surface area contributed by atoms with Crippen LogP contribution in [0, 0.1) is 6.92 Å². The van der Waals surface area contributed by atoms with Crippen LogP contribution in [0.3, 0.4) is 0 Å². The number of nitrogens with one attached hydrogen (secondary N) is 3. The molecule has 132 valence electrons. The van der Waals surface area contributed by atoms with Gasteiger partial charge in [-0.05, 0) is 25.0 Å². The van der Waals surface area contributed by atoms with E-state index in [0.29, 0.717) is 6.42 Å². The van der Waals surface area contributed by atoms with Crippen LogP contribution in [0.25, 0.3) is 10.9 Å². The van der Waals surface area contributed by atoms with Gasteiger partial charge in [0, 0.05) is 11.4 Å². The molecular weight excluding hydrogens is 330 g/mol. The van der Waals surface area contributed by atoms with Gasteiger partial charge in [0.05, 0.1) is 5.52 Å². The summed E-state index contributed by atoms with van der Waals surface area (Å²) in [5, 5.41) is 18.5. The summed E-state index contributed by atoms with van der Waals surface area (Å²) >= 11 is 0. The van der Waals surface area contributed by atoms with Crippen LogP contribution in [0.5, 0.6) is 5.88 Å². The summed E-state index contributed by atoms with van der Waals surface area (Å²) in [5.41, 5.74) is 9.43. The van der Waals surface area contributed by atoms with Gasteiger partial charge in [-0.2, -0.15) is 0 Å². The summed E-state index contributed by atoms with van der Waals surface area (Å²) in [5.74, 6) is -0.477. The summed E-state index contributed by atoms with van der Waals surface area (Å²) in [6.45, 7) is 2.04. The standard InChI is InChI=1S/C19H19N5O2/c1-11-6-8-12(9-7-11)15-10-16(22-21-15)18(25)24-23-17-13-4-2-3-5-14(13)20-19(17)26/h2-9,15-16,20-22,26H,10H2,1H3. The van der Waals surface area contributed by atoms with Gasteiger partial charge in [-0.1, -0.05) is 48.0 Å². The summed E-state index contributed by atoms with van der Waals surface area (Å²) in [4.78, 5) is 15.2. The van der Waals surface area contributed by atoms with Crippen molar-refractivity contribution in [3.63, 3.8) is 0 Å². The van der Waals surface area contributed by atoms with E-state index in [1.165, 1.54) is 5.56 Å². The third kappa shape index (κ3) is 3.10. The fourth-order valence-electron chi connectivity index (χ4n) is 3.12. The molecule has 2 unspecified atom stereocenters. The first-order valence-corrected chi connectivity index (χ1v) is 8.44. The Balaban J connectivity index is 1.47. The van der Waals surface area contributed by atoms with Gasteiger partial charge in [0.15, 0.2) is 5.69 Å². The predicted molar refractivity (Wildman–Crippen MR) is 98.1 cm³/mol. The Kier molecular flexibility index (Phi) is 4.24. The summed E-state index contributed by atoms with van der Waals surface area (Å²) in [7, 11) is 0. The zero-order valence-electron chi connectivity index (χ0n) is 14.2. The molecule has 7 heteroatoms. The fourth-order valence-corrected chi connectivity index (χ4v) is 3.12. The highest BCUT2D eigenvalue weighted by Crippen LogP contribution is 2.35. The van der Waals surface area contributed by atoms with Gasteiger partial charge in [0.2, 0.25) is 5.88 Å². The zero-order valence-corrected chi connectivity index (χ0v) is 14.2. The van der Waals surface area contributed by atoms with E-state index >= 15 is 0 Å². The lowest BCUT2D eigenvalue weighted by molar-refractivity contribution is -0.120. The number of carbonyl (C=O) groups is 1. The predicted octanol–water partition coefficient (Wildman–Crippen LogP) is 3.40. The smallest absolute Gasteiger partial charge is 0.282 e. The molecule has 1 aliphatic rings. The van der Waals surface area contributed by atoms with Crippen LogP contribution >= 0.6 is 0 Å². The van der Waals surface area contributed by atoms with Crippen LogP contribution < -0.4 is 10.9 Å². The number of hydrogen-bond acceptors (Lipinski definition) is 5. The maximum atomic E-state index is 12.4. The Labute approximate surface area is 150 Å². The molecule has 0 aliphatic carbocycles. The number of benzene rings is 2. The Morgan fingerprint density at radius 3 is 2.69 bits per heavy atom. The molecular formula is C19H19N5O2. The number of aromatic hydroxyl groups is 1. The largest absolute Gasteiger partial charge is 0.493 e. The highest BCUT2D eigenvalue weighted by Gasteiger charge is 2.30. The van der Waals surface area contributed by atoms with E-state index in [2.05, 4.69) is 26.1 Å². The average Bonchev–Trinajstić information content (AvgIpc) is 3.25. The third-order valence-electron chi connectivity index (χ3n) is 4.59. The van der Waals surface area contributed by atoms with E-state index in [1.54, 1.807) is 0 Å². The first-order valence-electron chi connectivity index (χ1n) is 8.44. The monoisotopic (exact) mass is 349 g/mol. The maximum Gasteiger partial charge on any atom is 0.282 e. The quantitative estimate of drug-likeness (QED) is 0.544. The van der Waals surface area contributed by atoms with E-state index in [4.69, 9.17) is 0 Å². The number of amides is 1. The molecule has 26 heavy (non-hydrogen) atoms. The highest BCUT2D eigenvalue weighted by atomic mass is 16.3. The highest BCUT2D eigenvalue weighted by molar-refractivity contribution is 5.94. The van der Waals surface area contributed by atoms with Crippen molar-refractivity contribution in [3.05, 3.63) is 59.7 Å². The number of H-pyrrole nitrogens is 1. The van der Waals surface area contributed by atoms with E-state index in [0.717, 1.165) is 16.5 Å². The van der Waals surface area contributed by atoms with Crippen molar-refractivity contribution in [2.75, 3.05) is 0 Å². The normalized spacial score (nSPS) is 20.2. The summed E-state index contributed by atoms with van der Waals surface area (Å²) in [6.07, 6.45) is 0.584. The number of aryl methyl sites for hydroxylation is 1. The minimum atomic E-state index is -0.461. The second-order valence-corrected chi connectivity index (χ2v) is 6.45.